The third-order valence-electron chi connectivity index (χ3n) is 2.20. The Hall–Kier alpha value is -2.18. The predicted molar refractivity (Wildman–Crippen MR) is 55.8 cm³/mol. The maximum Gasteiger partial charge on any atom is 0.368 e. The molecule has 0 saturated heterocycles. The number of nitrogens with two attached hydrogens (primary N) is 1. The van der Waals surface area contributed by atoms with Crippen molar-refractivity contribution in [3.63, 3.8) is 0 Å². The van der Waals surface area contributed by atoms with E-state index in [0.29, 0.717) is 11.3 Å². The van der Waals surface area contributed by atoms with Crippen molar-refractivity contribution in [2.24, 2.45) is 7.05 Å². The lowest BCUT2D eigenvalue weighted by atomic mass is 10.2. The molecule has 0 bridgehead atoms. The third kappa shape index (κ3) is 1.56. The summed E-state index contributed by atoms with van der Waals surface area (Å²) >= 11 is 0. The van der Waals surface area contributed by atoms with Crippen LogP contribution in [0.2, 0.25) is 0 Å². The van der Waals surface area contributed by atoms with Gasteiger partial charge >= 0.3 is 5.69 Å². The van der Waals surface area contributed by atoms with E-state index < -0.39 is 12.4 Å². The van der Waals surface area contributed by atoms with Gasteiger partial charge in [-0.15, -0.1) is 0 Å². The minimum absolute atomic E-state index is 0.290. The second-order valence-electron chi connectivity index (χ2n) is 3.32. The highest BCUT2D eigenvalue weighted by molar-refractivity contribution is 5.58. The van der Waals surface area contributed by atoms with E-state index in [2.05, 4.69) is 10.4 Å². The van der Waals surface area contributed by atoms with Crippen LogP contribution in [0.4, 0.5) is 10.1 Å². The van der Waals surface area contributed by atoms with Crippen LogP contribution >= 0.6 is 0 Å². The zero-order chi connectivity index (χ0) is 11.7. The number of halogens is 1. The standard InChI is InChI=1S/C9H10FN5O/c1-14-9(16)15(13-12-14)8-3-2-6(5-10)4-7(8)11/h2-4H,5,11H2,1H3. The van der Waals surface area contributed by atoms with E-state index in [1.54, 1.807) is 12.1 Å². The molecule has 84 valence electrons. The molecule has 0 radical (unpaired) electrons. The van der Waals surface area contributed by atoms with Crippen molar-refractivity contribution in [3.05, 3.63) is 34.2 Å². The predicted octanol–water partition coefficient (Wildman–Crippen LogP) is 0.0177. The molecule has 7 heteroatoms. The normalized spacial score (nSPS) is 10.6. The van der Waals surface area contributed by atoms with E-state index in [4.69, 9.17) is 5.73 Å². The van der Waals surface area contributed by atoms with Gasteiger partial charge in [0.05, 0.1) is 11.4 Å². The molecule has 0 amide bonds. The highest BCUT2D eigenvalue weighted by atomic mass is 19.1. The van der Waals surface area contributed by atoms with Crippen LogP contribution in [0.5, 0.6) is 0 Å². The monoisotopic (exact) mass is 223 g/mol. The van der Waals surface area contributed by atoms with Gasteiger partial charge in [-0.1, -0.05) is 6.07 Å². The van der Waals surface area contributed by atoms with Crippen molar-refractivity contribution in [2.45, 2.75) is 6.67 Å². The van der Waals surface area contributed by atoms with Crippen molar-refractivity contribution in [1.29, 1.82) is 0 Å². The fourth-order valence-corrected chi connectivity index (χ4v) is 1.34. The summed E-state index contributed by atoms with van der Waals surface area (Å²) in [5.41, 5.74) is 6.45. The zero-order valence-electron chi connectivity index (χ0n) is 8.59. The number of benzene rings is 1. The number of aryl methyl sites for hydroxylation is 1. The molecule has 0 saturated carbocycles. The summed E-state index contributed by atoms with van der Waals surface area (Å²) in [5.74, 6) is 0. The Morgan fingerprint density at radius 3 is 2.69 bits per heavy atom. The Bertz CT molecular complexity index is 574. The van der Waals surface area contributed by atoms with Crippen LogP contribution in [0, 0.1) is 0 Å². The molecule has 2 rings (SSSR count). The van der Waals surface area contributed by atoms with Crippen LogP contribution < -0.4 is 11.4 Å². The number of hydrogen-bond donors (Lipinski definition) is 1. The summed E-state index contributed by atoms with van der Waals surface area (Å²) in [5, 5.41) is 7.21. The SMILES string of the molecule is Cn1nnn(-c2ccc(CF)cc2N)c1=O. The average Bonchev–Trinajstić information content (AvgIpc) is 2.60. The first-order valence-electron chi connectivity index (χ1n) is 4.57. The molecule has 2 aromatic rings. The third-order valence-corrected chi connectivity index (χ3v) is 2.20. The number of rotatable bonds is 2. The van der Waals surface area contributed by atoms with E-state index in [1.165, 1.54) is 13.1 Å². The van der Waals surface area contributed by atoms with E-state index in [1.807, 2.05) is 0 Å². The first-order chi connectivity index (χ1) is 7.63. The minimum atomic E-state index is -0.597. The summed E-state index contributed by atoms with van der Waals surface area (Å²) in [4.78, 5) is 11.5. The fraction of sp³-hybridized carbons (Fsp3) is 0.222. The molecule has 1 heterocycles. The highest BCUT2D eigenvalue weighted by Crippen LogP contribution is 2.17. The Morgan fingerprint density at radius 2 is 2.19 bits per heavy atom. The Labute approximate surface area is 90.1 Å². The molecule has 0 aliphatic carbocycles. The first-order valence-corrected chi connectivity index (χ1v) is 4.57. The molecule has 0 unspecified atom stereocenters. The molecule has 1 aromatic carbocycles. The summed E-state index contributed by atoms with van der Waals surface area (Å²) in [7, 11) is 1.48. The molecule has 0 fully saturated rings. The van der Waals surface area contributed by atoms with Gasteiger partial charge in [-0.05, 0) is 28.1 Å². The van der Waals surface area contributed by atoms with Crippen molar-refractivity contribution >= 4 is 5.69 Å². The molecule has 0 aliphatic heterocycles. The van der Waals surface area contributed by atoms with Crippen LogP contribution in [0.1, 0.15) is 5.56 Å². The van der Waals surface area contributed by atoms with Crippen LogP contribution in [-0.2, 0) is 13.7 Å². The lowest BCUT2D eigenvalue weighted by Crippen LogP contribution is -2.22. The zero-order valence-corrected chi connectivity index (χ0v) is 8.59. The summed E-state index contributed by atoms with van der Waals surface area (Å²) in [6.45, 7) is -0.597. The summed E-state index contributed by atoms with van der Waals surface area (Å²) in [6.07, 6.45) is 0. The van der Waals surface area contributed by atoms with Crippen LogP contribution in [-0.4, -0.2) is 19.8 Å². The largest absolute Gasteiger partial charge is 0.397 e. The molecular weight excluding hydrogens is 213 g/mol. The van der Waals surface area contributed by atoms with Gasteiger partial charge in [-0.2, -0.15) is 9.36 Å². The molecule has 16 heavy (non-hydrogen) atoms. The second-order valence-corrected chi connectivity index (χ2v) is 3.32. The number of anilines is 1. The fourth-order valence-electron chi connectivity index (χ4n) is 1.34. The van der Waals surface area contributed by atoms with Crippen molar-refractivity contribution < 1.29 is 4.39 Å². The van der Waals surface area contributed by atoms with E-state index in [-0.39, 0.29) is 5.69 Å². The number of tetrazole rings is 1. The average molecular weight is 223 g/mol. The molecule has 0 atom stereocenters. The number of nitrogens with zero attached hydrogens (tertiary/aromatic N) is 4. The number of aromatic nitrogens is 4. The molecule has 0 aliphatic rings. The van der Waals surface area contributed by atoms with Gasteiger partial charge in [-0.3, -0.25) is 0 Å². The van der Waals surface area contributed by atoms with Crippen molar-refractivity contribution in [3.8, 4) is 5.69 Å². The van der Waals surface area contributed by atoms with Gasteiger partial charge in [0.2, 0.25) is 0 Å². The Balaban J connectivity index is 2.57. The van der Waals surface area contributed by atoms with Gasteiger partial charge in [-0.25, -0.2) is 9.18 Å². The molecule has 0 spiro atoms. The summed E-state index contributed by atoms with van der Waals surface area (Å²) in [6, 6.07) is 4.56. The van der Waals surface area contributed by atoms with Crippen molar-refractivity contribution in [2.75, 3.05) is 5.73 Å². The van der Waals surface area contributed by atoms with Crippen LogP contribution in [0.15, 0.2) is 23.0 Å². The quantitative estimate of drug-likeness (QED) is 0.728. The smallest absolute Gasteiger partial charge is 0.368 e. The summed E-state index contributed by atoms with van der Waals surface area (Å²) < 4.78 is 14.5. The lowest BCUT2D eigenvalue weighted by molar-refractivity contribution is 0.485. The molecule has 1 aromatic heterocycles. The Kier molecular flexibility index (Phi) is 2.43. The molecule has 6 nitrogen and oxygen atoms in total. The van der Waals surface area contributed by atoms with E-state index >= 15 is 0 Å². The molecule has 2 N–H and O–H groups in total. The van der Waals surface area contributed by atoms with Crippen molar-refractivity contribution in [1.82, 2.24) is 19.8 Å². The first kappa shape index (κ1) is 10.3. The lowest BCUT2D eigenvalue weighted by Gasteiger charge is -2.04. The topological polar surface area (TPSA) is 78.7 Å². The minimum Gasteiger partial charge on any atom is -0.397 e. The van der Waals surface area contributed by atoms with Gasteiger partial charge in [0.25, 0.3) is 0 Å². The van der Waals surface area contributed by atoms with Gasteiger partial charge < -0.3 is 5.73 Å². The maximum absolute atomic E-state index is 12.4. The maximum atomic E-state index is 12.4. The highest BCUT2D eigenvalue weighted by Gasteiger charge is 2.09. The number of nitrogen functional groups attached to an aromatic ring is 1. The van der Waals surface area contributed by atoms with Crippen LogP contribution in [0.25, 0.3) is 5.69 Å². The molecular formula is C9H10FN5O. The second kappa shape index (κ2) is 3.76. The van der Waals surface area contributed by atoms with Gasteiger partial charge in [0.1, 0.15) is 6.67 Å². The number of alkyl halides is 1. The van der Waals surface area contributed by atoms with Gasteiger partial charge in [0.15, 0.2) is 0 Å². The van der Waals surface area contributed by atoms with E-state index in [9.17, 15) is 9.18 Å². The van der Waals surface area contributed by atoms with Gasteiger partial charge in [0, 0.05) is 7.05 Å². The van der Waals surface area contributed by atoms with E-state index in [0.717, 1.165) is 9.36 Å². The Morgan fingerprint density at radius 1 is 1.44 bits per heavy atom. The van der Waals surface area contributed by atoms with Crippen LogP contribution in [0.3, 0.4) is 0 Å². The number of hydrogen-bond acceptors (Lipinski definition) is 4.